The first-order valence-electron chi connectivity index (χ1n) is 4.16. The molecule has 0 aliphatic heterocycles. The average molecular weight is 275 g/mol. The van der Waals surface area contributed by atoms with Crippen LogP contribution in [0.1, 0.15) is 16.8 Å². The highest BCUT2D eigenvalue weighted by molar-refractivity contribution is 9.10. The Morgan fingerprint density at radius 2 is 2.13 bits per heavy atom. The topological polar surface area (TPSA) is 54.4 Å². The zero-order valence-corrected chi connectivity index (χ0v) is 9.20. The molecule has 80 valence electrons. The van der Waals surface area contributed by atoms with Gasteiger partial charge in [-0.2, -0.15) is 0 Å². The summed E-state index contributed by atoms with van der Waals surface area (Å²) in [7, 11) is 0. The minimum atomic E-state index is -1.08. The van der Waals surface area contributed by atoms with Gasteiger partial charge < -0.3 is 5.11 Å². The van der Waals surface area contributed by atoms with Crippen LogP contribution >= 0.6 is 15.9 Å². The highest BCUT2D eigenvalue weighted by Gasteiger charge is 2.19. The van der Waals surface area contributed by atoms with Crippen molar-refractivity contribution in [1.82, 2.24) is 0 Å². The molecule has 0 saturated heterocycles. The van der Waals surface area contributed by atoms with Crippen LogP contribution in [0.2, 0.25) is 0 Å². The van der Waals surface area contributed by atoms with Crippen molar-refractivity contribution >= 4 is 27.7 Å². The third-order valence-corrected chi connectivity index (χ3v) is 2.49. The lowest BCUT2D eigenvalue weighted by Crippen LogP contribution is -2.18. The molecule has 1 aromatic carbocycles. The van der Waals surface area contributed by atoms with Crippen LogP contribution in [0, 0.1) is 5.82 Å². The molecular weight excluding hydrogens is 267 g/mol. The van der Waals surface area contributed by atoms with Gasteiger partial charge in [0.05, 0.1) is 11.2 Å². The number of carbonyl (C=O) groups is 2. The van der Waals surface area contributed by atoms with Crippen molar-refractivity contribution in [1.29, 1.82) is 0 Å². The summed E-state index contributed by atoms with van der Waals surface area (Å²) < 4.78 is 12.8. The number of hydrogen-bond acceptors (Lipinski definition) is 2. The van der Waals surface area contributed by atoms with Gasteiger partial charge in [-0.25, -0.2) is 4.39 Å². The van der Waals surface area contributed by atoms with Crippen molar-refractivity contribution in [2.24, 2.45) is 0 Å². The van der Waals surface area contributed by atoms with Crippen LogP contribution in [-0.4, -0.2) is 21.7 Å². The smallest absolute Gasteiger partial charge is 0.304 e. The number of aliphatic carboxylic acids is 1. The molecule has 0 aliphatic carbocycles. The maximum absolute atomic E-state index is 12.8. The summed E-state index contributed by atoms with van der Waals surface area (Å²) in [5, 5.41) is 8.48. The molecule has 0 aliphatic rings. The van der Waals surface area contributed by atoms with Gasteiger partial charge in [-0.3, -0.25) is 9.59 Å². The van der Waals surface area contributed by atoms with Crippen molar-refractivity contribution < 1.29 is 19.1 Å². The predicted octanol–water partition coefficient (Wildman–Crippen LogP) is 2.25. The van der Waals surface area contributed by atoms with E-state index in [2.05, 4.69) is 15.9 Å². The summed E-state index contributed by atoms with van der Waals surface area (Å²) in [6.07, 6.45) is -0.324. The number of Topliss-reactive ketones (excluding diaryl/α,β-unsaturated/α-hetero) is 1. The molecule has 1 atom stereocenters. The van der Waals surface area contributed by atoms with E-state index in [0.29, 0.717) is 0 Å². The van der Waals surface area contributed by atoms with Crippen molar-refractivity contribution in [2.45, 2.75) is 11.2 Å². The minimum Gasteiger partial charge on any atom is -0.481 e. The molecule has 0 amide bonds. The third kappa shape index (κ3) is 3.43. The molecule has 0 spiro atoms. The number of benzene rings is 1. The number of carbonyl (C=O) groups excluding carboxylic acids is 1. The van der Waals surface area contributed by atoms with E-state index in [4.69, 9.17) is 5.11 Å². The molecule has 1 unspecified atom stereocenters. The molecule has 0 bridgehead atoms. The number of hydrogen-bond donors (Lipinski definition) is 1. The SMILES string of the molecule is O=C(O)CC(Br)C(=O)c1cccc(F)c1. The second-order valence-electron chi connectivity index (χ2n) is 2.94. The first-order valence-corrected chi connectivity index (χ1v) is 5.08. The summed E-state index contributed by atoms with van der Waals surface area (Å²) in [4.78, 5) is 21.1. The van der Waals surface area contributed by atoms with Gasteiger partial charge in [0.2, 0.25) is 0 Å². The Morgan fingerprint density at radius 1 is 1.47 bits per heavy atom. The van der Waals surface area contributed by atoms with Crippen molar-refractivity contribution in [3.8, 4) is 0 Å². The quantitative estimate of drug-likeness (QED) is 0.677. The average Bonchev–Trinajstić information content (AvgIpc) is 2.15. The van der Waals surface area contributed by atoms with Gasteiger partial charge in [0.25, 0.3) is 0 Å². The number of rotatable bonds is 4. The standard InChI is InChI=1S/C10H8BrFO3/c11-8(5-9(13)14)10(15)6-2-1-3-7(12)4-6/h1-4,8H,5H2,(H,13,14). The van der Waals surface area contributed by atoms with Crippen molar-refractivity contribution in [2.75, 3.05) is 0 Å². The van der Waals surface area contributed by atoms with Gasteiger partial charge in [-0.15, -0.1) is 0 Å². The van der Waals surface area contributed by atoms with E-state index >= 15 is 0 Å². The molecule has 1 rings (SSSR count). The summed E-state index contributed by atoms with van der Waals surface area (Å²) in [6.45, 7) is 0. The van der Waals surface area contributed by atoms with Crippen LogP contribution in [0.5, 0.6) is 0 Å². The van der Waals surface area contributed by atoms with Crippen LogP contribution in [0.25, 0.3) is 0 Å². The van der Waals surface area contributed by atoms with Crippen molar-refractivity contribution in [3.05, 3.63) is 35.6 Å². The van der Waals surface area contributed by atoms with Crippen molar-refractivity contribution in [3.63, 3.8) is 0 Å². The molecule has 15 heavy (non-hydrogen) atoms. The maximum Gasteiger partial charge on any atom is 0.304 e. The lowest BCUT2D eigenvalue weighted by atomic mass is 10.1. The fraction of sp³-hybridized carbons (Fsp3) is 0.200. The second-order valence-corrected chi connectivity index (χ2v) is 4.05. The summed E-state index contributed by atoms with van der Waals surface area (Å²) in [6, 6.07) is 5.15. The molecule has 1 N–H and O–H groups in total. The van der Waals surface area contributed by atoms with Gasteiger partial charge in [-0.05, 0) is 12.1 Å². The van der Waals surface area contributed by atoms with Crippen LogP contribution in [0.3, 0.4) is 0 Å². The molecule has 1 aromatic rings. The Kier molecular flexibility index (Phi) is 3.96. The summed E-state index contributed by atoms with van der Waals surface area (Å²) in [5.41, 5.74) is 0.165. The Hall–Kier alpha value is -1.23. The fourth-order valence-electron chi connectivity index (χ4n) is 1.07. The van der Waals surface area contributed by atoms with Gasteiger partial charge in [0.1, 0.15) is 5.82 Å². The number of alkyl halides is 1. The predicted molar refractivity (Wildman–Crippen MR) is 55.7 cm³/mol. The highest BCUT2D eigenvalue weighted by Crippen LogP contribution is 2.14. The van der Waals surface area contributed by atoms with Gasteiger partial charge in [0, 0.05) is 5.56 Å². The molecule has 0 heterocycles. The van der Waals surface area contributed by atoms with Crippen LogP contribution in [-0.2, 0) is 4.79 Å². The number of carboxylic acid groups (broad SMARTS) is 1. The van der Waals surface area contributed by atoms with Crippen LogP contribution in [0.15, 0.2) is 24.3 Å². The highest BCUT2D eigenvalue weighted by atomic mass is 79.9. The molecule has 0 saturated carbocycles. The zero-order chi connectivity index (χ0) is 11.4. The second kappa shape index (κ2) is 5.02. The molecule has 0 fully saturated rings. The largest absolute Gasteiger partial charge is 0.481 e. The fourth-order valence-corrected chi connectivity index (χ4v) is 1.61. The van der Waals surface area contributed by atoms with Crippen LogP contribution in [0.4, 0.5) is 4.39 Å². The van der Waals surface area contributed by atoms with E-state index in [9.17, 15) is 14.0 Å². The maximum atomic E-state index is 12.8. The summed E-state index contributed by atoms with van der Waals surface area (Å²) >= 11 is 2.95. The van der Waals surface area contributed by atoms with Gasteiger partial charge in [0.15, 0.2) is 5.78 Å². The molecule has 0 radical (unpaired) electrons. The molecule has 0 aromatic heterocycles. The minimum absolute atomic E-state index is 0.165. The van der Waals surface area contributed by atoms with Gasteiger partial charge in [-0.1, -0.05) is 28.1 Å². The van der Waals surface area contributed by atoms with Gasteiger partial charge >= 0.3 is 5.97 Å². The Bertz CT molecular complexity index is 392. The van der Waals surface area contributed by atoms with E-state index in [1.165, 1.54) is 18.2 Å². The van der Waals surface area contributed by atoms with E-state index in [0.717, 1.165) is 6.07 Å². The number of carboxylic acids is 1. The normalized spacial score (nSPS) is 12.1. The van der Waals surface area contributed by atoms with E-state index in [-0.39, 0.29) is 12.0 Å². The first kappa shape index (κ1) is 11.8. The van der Waals surface area contributed by atoms with E-state index in [1.54, 1.807) is 0 Å². The third-order valence-electron chi connectivity index (χ3n) is 1.75. The Balaban J connectivity index is 2.80. The van der Waals surface area contributed by atoms with Crippen LogP contribution < -0.4 is 0 Å². The molecule has 3 nitrogen and oxygen atoms in total. The first-order chi connectivity index (χ1) is 7.00. The monoisotopic (exact) mass is 274 g/mol. The Morgan fingerprint density at radius 3 is 2.67 bits per heavy atom. The zero-order valence-electron chi connectivity index (χ0n) is 7.61. The van der Waals surface area contributed by atoms with E-state index < -0.39 is 22.4 Å². The lowest BCUT2D eigenvalue weighted by molar-refractivity contribution is -0.136. The van der Waals surface area contributed by atoms with E-state index in [1.807, 2.05) is 0 Å². The summed E-state index contributed by atoms with van der Waals surface area (Å²) in [5.74, 6) is -2.03. The lowest BCUT2D eigenvalue weighted by Gasteiger charge is -2.05. The Labute approximate surface area is 94.0 Å². The number of halogens is 2. The molecule has 5 heteroatoms. The molecular formula is C10H8BrFO3. The number of ketones is 1.